The lowest BCUT2D eigenvalue weighted by atomic mass is 9.95. The maximum Gasteiger partial charge on any atom is 0.309 e. The lowest BCUT2D eigenvalue weighted by Gasteiger charge is -2.35. The first kappa shape index (κ1) is 33.9. The van der Waals surface area contributed by atoms with Crippen molar-refractivity contribution in [3.05, 3.63) is 31.9 Å². The van der Waals surface area contributed by atoms with Crippen LogP contribution < -0.4 is 10.5 Å². The summed E-state index contributed by atoms with van der Waals surface area (Å²) in [5.74, 6) is 0.162. The van der Waals surface area contributed by atoms with Crippen LogP contribution in [0.15, 0.2) is 9.70 Å². The Labute approximate surface area is 260 Å². The molecule has 0 N–H and O–H groups in total. The molecule has 230 valence electrons. The van der Waals surface area contributed by atoms with Gasteiger partial charge < -0.3 is 9.64 Å². The van der Waals surface area contributed by atoms with E-state index in [0.717, 1.165) is 12.8 Å². The topological polar surface area (TPSA) is 95.6 Å². The van der Waals surface area contributed by atoms with Crippen molar-refractivity contribution in [3.8, 4) is 6.07 Å². The molecule has 1 aromatic heterocycles. The molecule has 8 nitrogen and oxygen atoms in total. The van der Waals surface area contributed by atoms with Crippen LogP contribution in [-0.4, -0.2) is 51.9 Å². The number of thioether (sulfide) groups is 1. The van der Waals surface area contributed by atoms with Crippen LogP contribution in [0.2, 0.25) is 0 Å². The number of pyridine rings is 1. The second kappa shape index (κ2) is 16.9. The molecule has 2 fully saturated rings. The molecule has 3 heterocycles. The summed E-state index contributed by atoms with van der Waals surface area (Å²) in [6.07, 6.45) is 15.2. The number of aromatic nitrogens is 1. The predicted molar refractivity (Wildman–Crippen MR) is 174 cm³/mol. The Balaban J connectivity index is 1.71. The van der Waals surface area contributed by atoms with Crippen LogP contribution in [0.1, 0.15) is 108 Å². The van der Waals surface area contributed by atoms with Crippen molar-refractivity contribution >= 4 is 52.1 Å². The van der Waals surface area contributed by atoms with Crippen LogP contribution in [0, 0.1) is 24.2 Å². The van der Waals surface area contributed by atoms with E-state index in [9.17, 15) is 19.6 Å². The standard InChI is InChI=1S/C32H46N4O4S2/c1-5-7-8-9-10-11-12-13-14-15-18-36-30(38)27(42-32(36)41)21-25-23(3)26(22-33)29(37)34(4)28(25)35-19-16-24(17-20-35)31(39)40-6-2/h21,24H,5-20H2,1-4H3. The van der Waals surface area contributed by atoms with E-state index in [1.165, 1.54) is 67.7 Å². The molecule has 0 bridgehead atoms. The van der Waals surface area contributed by atoms with Crippen molar-refractivity contribution in [3.63, 3.8) is 0 Å². The quantitative estimate of drug-likeness (QED) is 0.0961. The molecule has 1 aromatic rings. The van der Waals surface area contributed by atoms with E-state index >= 15 is 0 Å². The van der Waals surface area contributed by atoms with Gasteiger partial charge in [-0.3, -0.25) is 23.9 Å². The van der Waals surface area contributed by atoms with E-state index in [1.54, 1.807) is 31.9 Å². The fourth-order valence-electron chi connectivity index (χ4n) is 5.76. The lowest BCUT2D eigenvalue weighted by molar-refractivity contribution is -0.148. The molecule has 3 rings (SSSR count). The first-order valence-electron chi connectivity index (χ1n) is 15.6. The second-order valence-corrected chi connectivity index (χ2v) is 12.9. The van der Waals surface area contributed by atoms with Gasteiger partial charge in [0.05, 0.1) is 17.4 Å². The fraction of sp³-hybridized carbons (Fsp3) is 0.656. The summed E-state index contributed by atoms with van der Waals surface area (Å²) in [4.78, 5) is 43.1. The van der Waals surface area contributed by atoms with Gasteiger partial charge in [0.25, 0.3) is 11.5 Å². The number of hydrogen-bond donors (Lipinski definition) is 0. The summed E-state index contributed by atoms with van der Waals surface area (Å²) in [6, 6.07) is 2.06. The first-order chi connectivity index (χ1) is 20.2. The van der Waals surface area contributed by atoms with Crippen LogP contribution in [0.3, 0.4) is 0 Å². The number of carbonyl (C=O) groups is 2. The summed E-state index contributed by atoms with van der Waals surface area (Å²) in [6.45, 7) is 7.86. The van der Waals surface area contributed by atoms with Crippen molar-refractivity contribution in [2.24, 2.45) is 13.0 Å². The molecule has 0 radical (unpaired) electrons. The minimum Gasteiger partial charge on any atom is -0.466 e. The molecule has 2 aliphatic heterocycles. The Hall–Kier alpha value is -2.64. The largest absolute Gasteiger partial charge is 0.466 e. The van der Waals surface area contributed by atoms with E-state index < -0.39 is 0 Å². The van der Waals surface area contributed by atoms with E-state index in [2.05, 4.69) is 17.9 Å². The van der Waals surface area contributed by atoms with Gasteiger partial charge in [0.1, 0.15) is 21.8 Å². The zero-order valence-electron chi connectivity index (χ0n) is 25.7. The number of hydrogen-bond acceptors (Lipinski definition) is 8. The third kappa shape index (κ3) is 8.47. The van der Waals surface area contributed by atoms with Crippen molar-refractivity contribution in [1.29, 1.82) is 5.26 Å². The molecule has 42 heavy (non-hydrogen) atoms. The molecule has 2 saturated heterocycles. The van der Waals surface area contributed by atoms with Gasteiger partial charge >= 0.3 is 5.97 Å². The Bertz CT molecular complexity index is 1260. The Morgan fingerprint density at radius 1 is 1.05 bits per heavy atom. The molecular weight excluding hydrogens is 569 g/mol. The summed E-state index contributed by atoms with van der Waals surface area (Å²) < 4.78 is 7.25. The van der Waals surface area contributed by atoms with Crippen LogP contribution in [0.25, 0.3) is 6.08 Å². The highest BCUT2D eigenvalue weighted by Gasteiger charge is 2.34. The highest BCUT2D eigenvalue weighted by molar-refractivity contribution is 8.26. The average Bonchev–Trinajstić information content (AvgIpc) is 3.24. The van der Waals surface area contributed by atoms with Gasteiger partial charge in [0.2, 0.25) is 0 Å². The smallest absolute Gasteiger partial charge is 0.309 e. The zero-order chi connectivity index (χ0) is 30.6. The summed E-state index contributed by atoms with van der Waals surface area (Å²) in [7, 11) is 1.66. The van der Waals surface area contributed by atoms with Crippen molar-refractivity contribution in [1.82, 2.24) is 9.47 Å². The summed E-state index contributed by atoms with van der Waals surface area (Å²) in [5.41, 5.74) is 0.906. The fourth-order valence-corrected chi connectivity index (χ4v) is 7.05. The van der Waals surface area contributed by atoms with Crippen molar-refractivity contribution in [2.45, 2.75) is 97.8 Å². The molecule has 10 heteroatoms. The van der Waals surface area contributed by atoms with Gasteiger partial charge in [-0.15, -0.1) is 0 Å². The number of esters is 1. The number of anilines is 1. The molecular formula is C32H46N4O4S2. The third-order valence-corrected chi connectivity index (χ3v) is 9.64. The molecule has 1 amide bonds. The molecule has 2 aliphatic rings. The highest BCUT2D eigenvalue weighted by atomic mass is 32.2. The number of piperidine rings is 1. The normalized spacial score (nSPS) is 16.9. The number of carbonyl (C=O) groups excluding carboxylic acids is 2. The molecule has 0 saturated carbocycles. The van der Waals surface area contributed by atoms with Gasteiger partial charge in [-0.1, -0.05) is 88.7 Å². The maximum absolute atomic E-state index is 13.4. The van der Waals surface area contributed by atoms with E-state index in [4.69, 9.17) is 17.0 Å². The van der Waals surface area contributed by atoms with E-state index in [1.807, 2.05) is 0 Å². The SMILES string of the molecule is CCCCCCCCCCCCN1C(=O)C(=Cc2c(C)c(C#N)c(=O)n(C)c2N2CCC(C(=O)OCC)CC2)SC1=S. The number of ether oxygens (including phenoxy) is 1. The van der Waals surface area contributed by atoms with Gasteiger partial charge in [0.15, 0.2) is 0 Å². The molecule has 0 atom stereocenters. The third-order valence-electron chi connectivity index (χ3n) is 8.27. The second-order valence-electron chi connectivity index (χ2n) is 11.2. The predicted octanol–water partition coefficient (Wildman–Crippen LogP) is 6.47. The van der Waals surface area contributed by atoms with Gasteiger partial charge in [0, 0.05) is 32.2 Å². The first-order valence-corrected chi connectivity index (χ1v) is 16.8. The molecule has 0 aliphatic carbocycles. The minimum atomic E-state index is -0.372. The van der Waals surface area contributed by atoms with Crippen LogP contribution >= 0.6 is 24.0 Å². The number of unbranched alkanes of at least 4 members (excludes halogenated alkanes) is 9. The molecule has 0 spiro atoms. The lowest BCUT2D eigenvalue weighted by Crippen LogP contribution is -2.40. The van der Waals surface area contributed by atoms with Gasteiger partial charge in [-0.25, -0.2) is 0 Å². The highest BCUT2D eigenvalue weighted by Crippen LogP contribution is 2.36. The average molecular weight is 615 g/mol. The minimum absolute atomic E-state index is 0.0646. The Morgan fingerprint density at radius 3 is 2.21 bits per heavy atom. The maximum atomic E-state index is 13.4. The monoisotopic (exact) mass is 614 g/mol. The van der Waals surface area contributed by atoms with Crippen LogP contribution in [-0.2, 0) is 21.4 Å². The van der Waals surface area contributed by atoms with Gasteiger partial charge in [-0.2, -0.15) is 5.26 Å². The number of amides is 1. The molecule has 0 aromatic carbocycles. The van der Waals surface area contributed by atoms with Crippen LogP contribution in [0.5, 0.6) is 0 Å². The van der Waals surface area contributed by atoms with Crippen LogP contribution in [0.4, 0.5) is 5.82 Å². The van der Waals surface area contributed by atoms with E-state index in [-0.39, 0.29) is 28.9 Å². The van der Waals surface area contributed by atoms with Crippen molar-refractivity contribution in [2.75, 3.05) is 31.1 Å². The number of thiocarbonyl (C=S) groups is 1. The number of nitriles is 1. The van der Waals surface area contributed by atoms with E-state index in [0.29, 0.717) is 65.3 Å². The van der Waals surface area contributed by atoms with Crippen molar-refractivity contribution < 1.29 is 14.3 Å². The molecule has 0 unspecified atom stereocenters. The number of rotatable bonds is 15. The Kier molecular flexibility index (Phi) is 13.6. The summed E-state index contributed by atoms with van der Waals surface area (Å²) in [5, 5.41) is 9.77. The zero-order valence-corrected chi connectivity index (χ0v) is 27.3. The Morgan fingerprint density at radius 2 is 1.64 bits per heavy atom. The number of nitrogens with zero attached hydrogens (tertiary/aromatic N) is 4. The van der Waals surface area contributed by atoms with Gasteiger partial charge in [-0.05, 0) is 44.7 Å². The summed E-state index contributed by atoms with van der Waals surface area (Å²) >= 11 is 6.87.